The molecule has 1 aliphatic rings. The minimum atomic E-state index is -3.62. The molecule has 0 spiro atoms. The van der Waals surface area contributed by atoms with Gasteiger partial charge < -0.3 is 10.1 Å². The van der Waals surface area contributed by atoms with Gasteiger partial charge in [-0.3, -0.25) is 4.79 Å². The number of hydrogen-bond acceptors (Lipinski definition) is 4. The molecule has 0 bridgehead atoms. The van der Waals surface area contributed by atoms with Gasteiger partial charge in [-0.25, -0.2) is 13.1 Å². The zero-order valence-electron chi connectivity index (χ0n) is 17.7. The van der Waals surface area contributed by atoms with Crippen LogP contribution in [0.4, 0.5) is 0 Å². The maximum absolute atomic E-state index is 12.6. The first-order chi connectivity index (χ1) is 15.5. The van der Waals surface area contributed by atoms with E-state index in [1.807, 2.05) is 48.5 Å². The summed E-state index contributed by atoms with van der Waals surface area (Å²) in [6.45, 7) is 1.49. The second-order valence-electron chi connectivity index (χ2n) is 7.76. The van der Waals surface area contributed by atoms with E-state index in [0.717, 1.165) is 36.1 Å². The average Bonchev–Trinajstić information content (AvgIpc) is 3.36. The van der Waals surface area contributed by atoms with Crippen LogP contribution in [0.3, 0.4) is 0 Å². The van der Waals surface area contributed by atoms with Crippen molar-refractivity contribution in [1.29, 1.82) is 0 Å². The third-order valence-electron chi connectivity index (χ3n) is 5.45. The monoisotopic (exact) mass is 450 g/mol. The molecule has 1 aliphatic heterocycles. The summed E-state index contributed by atoms with van der Waals surface area (Å²) in [4.78, 5) is 12.7. The van der Waals surface area contributed by atoms with Gasteiger partial charge in [-0.1, -0.05) is 54.6 Å². The van der Waals surface area contributed by atoms with Crippen LogP contribution in [0, 0.1) is 0 Å². The van der Waals surface area contributed by atoms with Gasteiger partial charge >= 0.3 is 0 Å². The number of hydrogen-bond donors (Lipinski definition) is 2. The van der Waals surface area contributed by atoms with E-state index in [-0.39, 0.29) is 23.5 Å². The van der Waals surface area contributed by atoms with E-state index in [1.54, 1.807) is 30.3 Å². The number of rotatable bonds is 8. The van der Waals surface area contributed by atoms with Crippen LogP contribution in [-0.2, 0) is 21.3 Å². The Morgan fingerprint density at radius 1 is 0.938 bits per heavy atom. The molecule has 0 aliphatic carbocycles. The van der Waals surface area contributed by atoms with Crippen LogP contribution in [0.1, 0.15) is 28.8 Å². The van der Waals surface area contributed by atoms with Gasteiger partial charge in [0.05, 0.1) is 11.0 Å². The third-order valence-corrected chi connectivity index (χ3v) is 6.86. The van der Waals surface area contributed by atoms with Gasteiger partial charge in [0.1, 0.15) is 0 Å². The highest BCUT2D eigenvalue weighted by atomic mass is 32.2. The van der Waals surface area contributed by atoms with Gasteiger partial charge in [0.15, 0.2) is 0 Å². The van der Waals surface area contributed by atoms with Crippen LogP contribution in [-0.4, -0.2) is 33.6 Å². The highest BCUT2D eigenvalue weighted by Crippen LogP contribution is 2.23. The van der Waals surface area contributed by atoms with Crippen molar-refractivity contribution in [1.82, 2.24) is 10.0 Å². The normalized spacial score (nSPS) is 16.1. The van der Waals surface area contributed by atoms with Crippen molar-refractivity contribution >= 4 is 15.9 Å². The molecule has 7 heteroatoms. The van der Waals surface area contributed by atoms with Crippen molar-refractivity contribution in [2.75, 3.05) is 13.2 Å². The summed E-state index contributed by atoms with van der Waals surface area (Å²) in [6.07, 6.45) is 2.09. The summed E-state index contributed by atoms with van der Waals surface area (Å²) in [5.74, 6) is -0.147. The highest BCUT2D eigenvalue weighted by molar-refractivity contribution is 7.89. The Morgan fingerprint density at radius 3 is 2.44 bits per heavy atom. The molecule has 1 saturated heterocycles. The lowest BCUT2D eigenvalue weighted by atomic mass is 10.0. The number of ether oxygens (including phenoxy) is 1. The van der Waals surface area contributed by atoms with Crippen LogP contribution < -0.4 is 10.0 Å². The average molecular weight is 451 g/mol. The molecule has 1 atom stereocenters. The van der Waals surface area contributed by atoms with Crippen LogP contribution in [0.5, 0.6) is 0 Å². The van der Waals surface area contributed by atoms with E-state index in [9.17, 15) is 13.2 Å². The molecule has 1 amide bonds. The summed E-state index contributed by atoms with van der Waals surface area (Å²) < 4.78 is 33.4. The Balaban J connectivity index is 1.42. The van der Waals surface area contributed by atoms with Gasteiger partial charge in [-0.2, -0.15) is 0 Å². The van der Waals surface area contributed by atoms with E-state index in [0.29, 0.717) is 12.1 Å². The molecular weight excluding hydrogens is 424 g/mol. The molecule has 3 aromatic rings. The van der Waals surface area contributed by atoms with Crippen LogP contribution >= 0.6 is 0 Å². The number of carbonyl (C=O) groups excluding carboxylic acids is 1. The maximum Gasteiger partial charge on any atom is 0.251 e. The molecule has 0 unspecified atom stereocenters. The molecule has 166 valence electrons. The molecule has 2 N–H and O–H groups in total. The molecule has 6 nitrogen and oxygen atoms in total. The molecular formula is C25H26N2O4S. The van der Waals surface area contributed by atoms with Crippen molar-refractivity contribution in [2.45, 2.75) is 30.4 Å². The van der Waals surface area contributed by atoms with Gasteiger partial charge in [-0.15, -0.1) is 0 Å². The summed E-state index contributed by atoms with van der Waals surface area (Å²) in [7, 11) is -3.62. The predicted octanol–water partition coefficient (Wildman–Crippen LogP) is 3.74. The summed E-state index contributed by atoms with van der Waals surface area (Å²) in [5, 5.41) is 2.92. The van der Waals surface area contributed by atoms with Crippen LogP contribution in [0.25, 0.3) is 11.1 Å². The van der Waals surface area contributed by atoms with Crippen molar-refractivity contribution < 1.29 is 17.9 Å². The largest absolute Gasteiger partial charge is 0.376 e. The fourth-order valence-corrected chi connectivity index (χ4v) is 4.66. The number of amides is 1. The van der Waals surface area contributed by atoms with Gasteiger partial charge in [0.25, 0.3) is 5.91 Å². The predicted molar refractivity (Wildman–Crippen MR) is 124 cm³/mol. The Kier molecular flexibility index (Phi) is 6.99. The molecule has 1 heterocycles. The van der Waals surface area contributed by atoms with Crippen LogP contribution in [0.15, 0.2) is 83.8 Å². The molecule has 1 fully saturated rings. The summed E-state index contributed by atoms with van der Waals surface area (Å²) >= 11 is 0. The van der Waals surface area contributed by atoms with Crippen molar-refractivity contribution in [2.24, 2.45) is 0 Å². The smallest absolute Gasteiger partial charge is 0.251 e. The van der Waals surface area contributed by atoms with E-state index in [1.165, 1.54) is 0 Å². The zero-order chi connectivity index (χ0) is 22.4. The fourth-order valence-electron chi connectivity index (χ4n) is 3.64. The summed E-state index contributed by atoms with van der Waals surface area (Å²) in [5.41, 5.74) is 3.13. The minimum Gasteiger partial charge on any atom is -0.376 e. The number of benzene rings is 3. The molecule has 3 aromatic carbocycles. The number of sulfonamides is 1. The topological polar surface area (TPSA) is 84.5 Å². The van der Waals surface area contributed by atoms with E-state index < -0.39 is 10.0 Å². The standard InChI is InChI=1S/C25H26N2O4S/c28-25(26-18-23-10-5-15-31-23)22-9-4-8-21(16-22)20-11-13-24(14-12-20)32(29,30)27-17-19-6-2-1-3-7-19/h1-4,6-9,11-14,16,23,27H,5,10,15,17-18H2,(H,26,28)/t23-/m1/s1. The van der Waals surface area contributed by atoms with Crippen molar-refractivity contribution in [3.63, 3.8) is 0 Å². The number of carbonyl (C=O) groups is 1. The van der Waals surface area contributed by atoms with Crippen LogP contribution in [0.2, 0.25) is 0 Å². The SMILES string of the molecule is O=C(NC[C@H]1CCCO1)c1cccc(-c2ccc(S(=O)(=O)NCc3ccccc3)cc2)c1. The van der Waals surface area contributed by atoms with E-state index in [2.05, 4.69) is 10.0 Å². The Labute approximate surface area is 188 Å². The zero-order valence-corrected chi connectivity index (χ0v) is 18.5. The third kappa shape index (κ3) is 5.62. The molecule has 0 saturated carbocycles. The second-order valence-corrected chi connectivity index (χ2v) is 9.53. The lowest BCUT2D eigenvalue weighted by Gasteiger charge is -2.12. The second kappa shape index (κ2) is 10.1. The highest BCUT2D eigenvalue weighted by Gasteiger charge is 2.17. The summed E-state index contributed by atoms with van der Waals surface area (Å²) in [6, 6.07) is 23.3. The Hall–Kier alpha value is -3.00. The first-order valence-electron chi connectivity index (χ1n) is 10.7. The fraction of sp³-hybridized carbons (Fsp3) is 0.240. The molecule has 4 rings (SSSR count). The minimum absolute atomic E-state index is 0.0899. The van der Waals surface area contributed by atoms with Crippen molar-refractivity contribution in [3.8, 4) is 11.1 Å². The van der Waals surface area contributed by atoms with Gasteiger partial charge in [0.2, 0.25) is 10.0 Å². The lowest BCUT2D eigenvalue weighted by Crippen LogP contribution is -2.31. The Bertz CT molecular complexity index is 1160. The first-order valence-corrected chi connectivity index (χ1v) is 12.1. The quantitative estimate of drug-likeness (QED) is 0.548. The number of nitrogens with one attached hydrogen (secondary N) is 2. The molecule has 0 aromatic heterocycles. The lowest BCUT2D eigenvalue weighted by molar-refractivity contribution is 0.0858. The van der Waals surface area contributed by atoms with E-state index in [4.69, 9.17) is 4.74 Å². The molecule has 32 heavy (non-hydrogen) atoms. The Morgan fingerprint density at radius 2 is 1.72 bits per heavy atom. The van der Waals surface area contributed by atoms with E-state index >= 15 is 0 Å². The van der Waals surface area contributed by atoms with Gasteiger partial charge in [0, 0.05) is 25.3 Å². The van der Waals surface area contributed by atoms with Crippen molar-refractivity contribution in [3.05, 3.63) is 90.0 Å². The first kappa shape index (κ1) is 22.2. The van der Waals surface area contributed by atoms with Gasteiger partial charge in [-0.05, 0) is 53.8 Å². The maximum atomic E-state index is 12.6. The molecule has 0 radical (unpaired) electrons.